The molecule has 2 fully saturated rings. The van der Waals surface area contributed by atoms with Crippen molar-refractivity contribution in [2.75, 3.05) is 38.1 Å². The number of carbonyl (C=O) groups is 1. The quantitative estimate of drug-likeness (QED) is 0.696. The lowest BCUT2D eigenvalue weighted by molar-refractivity contribution is -0.115. The molecule has 2 aromatic rings. The Balaban J connectivity index is 1.30. The number of nitrogens with one attached hydrogen (secondary N) is 1. The topological polar surface area (TPSA) is 68.6 Å². The van der Waals surface area contributed by atoms with Crippen molar-refractivity contribution in [1.82, 2.24) is 9.80 Å². The molecule has 2 atom stereocenters. The summed E-state index contributed by atoms with van der Waals surface area (Å²) < 4.78 is 6.17. The fraction of sp³-hybridized carbons (Fsp3) is 0.481. The van der Waals surface area contributed by atoms with E-state index in [2.05, 4.69) is 51.5 Å². The highest BCUT2D eigenvalue weighted by Crippen LogP contribution is 2.28. The van der Waals surface area contributed by atoms with Gasteiger partial charge in [-0.15, -0.1) is 0 Å². The van der Waals surface area contributed by atoms with Gasteiger partial charge in [-0.2, -0.15) is 5.26 Å². The third-order valence-electron chi connectivity index (χ3n) is 6.78. The first-order valence-corrected chi connectivity index (χ1v) is 12.1. The predicted octanol–water partition coefficient (Wildman–Crippen LogP) is 4.02. The SMILES string of the molecule is CCC(=O)Nc1ccc(CC2CCOC(N3CCN(Cc4ccccc4)CC3)C2)c(C#N)c1. The molecule has 6 nitrogen and oxygen atoms in total. The fourth-order valence-corrected chi connectivity index (χ4v) is 4.83. The van der Waals surface area contributed by atoms with Crippen molar-refractivity contribution in [3.63, 3.8) is 0 Å². The van der Waals surface area contributed by atoms with Crippen molar-refractivity contribution in [2.24, 2.45) is 5.92 Å². The lowest BCUT2D eigenvalue weighted by atomic mass is 9.89. The monoisotopic (exact) mass is 446 g/mol. The zero-order valence-electron chi connectivity index (χ0n) is 19.5. The van der Waals surface area contributed by atoms with E-state index in [-0.39, 0.29) is 12.1 Å². The van der Waals surface area contributed by atoms with Crippen molar-refractivity contribution in [1.29, 1.82) is 5.26 Å². The van der Waals surface area contributed by atoms with Gasteiger partial charge in [-0.05, 0) is 48.4 Å². The van der Waals surface area contributed by atoms with Crippen molar-refractivity contribution in [3.05, 3.63) is 65.2 Å². The Morgan fingerprint density at radius 3 is 2.67 bits per heavy atom. The average molecular weight is 447 g/mol. The van der Waals surface area contributed by atoms with E-state index >= 15 is 0 Å². The second-order valence-electron chi connectivity index (χ2n) is 9.10. The lowest BCUT2D eigenvalue weighted by Gasteiger charge is -2.42. The van der Waals surface area contributed by atoms with Gasteiger partial charge in [0.1, 0.15) is 6.23 Å². The summed E-state index contributed by atoms with van der Waals surface area (Å²) in [6.45, 7) is 7.77. The second-order valence-corrected chi connectivity index (χ2v) is 9.10. The Morgan fingerprint density at radius 2 is 1.94 bits per heavy atom. The van der Waals surface area contributed by atoms with Gasteiger partial charge in [0.25, 0.3) is 0 Å². The van der Waals surface area contributed by atoms with E-state index in [1.165, 1.54) is 5.56 Å². The molecule has 33 heavy (non-hydrogen) atoms. The molecule has 0 aliphatic carbocycles. The third-order valence-corrected chi connectivity index (χ3v) is 6.78. The summed E-state index contributed by atoms with van der Waals surface area (Å²) in [5.74, 6) is 0.456. The number of anilines is 1. The van der Waals surface area contributed by atoms with Crippen molar-refractivity contribution >= 4 is 11.6 Å². The molecule has 1 N–H and O–H groups in total. The molecule has 2 aliphatic heterocycles. The lowest BCUT2D eigenvalue weighted by Crippen LogP contribution is -2.52. The van der Waals surface area contributed by atoms with Gasteiger partial charge in [0.05, 0.1) is 11.6 Å². The first-order chi connectivity index (χ1) is 16.1. The van der Waals surface area contributed by atoms with Crippen LogP contribution in [0, 0.1) is 17.2 Å². The molecule has 0 saturated carbocycles. The number of piperazine rings is 1. The molecule has 2 aliphatic rings. The van der Waals surface area contributed by atoms with Crippen LogP contribution in [0.4, 0.5) is 5.69 Å². The number of ether oxygens (including phenoxy) is 1. The number of nitrogens with zero attached hydrogens (tertiary/aromatic N) is 3. The minimum absolute atomic E-state index is 0.0391. The molecule has 2 unspecified atom stereocenters. The molecule has 2 heterocycles. The van der Waals surface area contributed by atoms with Crippen LogP contribution in [0.2, 0.25) is 0 Å². The standard InChI is InChI=1S/C27H34N4O2/c1-2-26(32)29-25-9-8-23(24(18-25)19-28)16-22-10-15-33-27(17-22)31-13-11-30(12-14-31)20-21-6-4-3-5-7-21/h3-9,18,22,27H,2,10-17,20H2,1H3,(H,29,32). The van der Waals surface area contributed by atoms with Crippen LogP contribution in [-0.2, 0) is 22.5 Å². The van der Waals surface area contributed by atoms with Crippen molar-refractivity contribution < 1.29 is 9.53 Å². The molecule has 174 valence electrons. The predicted molar refractivity (Wildman–Crippen MR) is 130 cm³/mol. The van der Waals surface area contributed by atoms with Gasteiger partial charge in [-0.25, -0.2) is 0 Å². The van der Waals surface area contributed by atoms with E-state index in [1.54, 1.807) is 6.07 Å². The Hall–Kier alpha value is -2.72. The smallest absolute Gasteiger partial charge is 0.224 e. The molecule has 0 bridgehead atoms. The van der Waals surface area contributed by atoms with Gasteiger partial charge in [0.2, 0.25) is 5.91 Å². The molecule has 0 radical (unpaired) electrons. The fourth-order valence-electron chi connectivity index (χ4n) is 4.83. The summed E-state index contributed by atoms with van der Waals surface area (Å²) in [5.41, 5.74) is 3.78. The van der Waals surface area contributed by atoms with Crippen LogP contribution >= 0.6 is 0 Å². The summed E-state index contributed by atoms with van der Waals surface area (Å²) in [6.07, 6.45) is 3.48. The zero-order chi connectivity index (χ0) is 23.0. The van der Waals surface area contributed by atoms with Gasteiger partial charge >= 0.3 is 0 Å². The van der Waals surface area contributed by atoms with Crippen LogP contribution in [0.15, 0.2) is 48.5 Å². The minimum atomic E-state index is -0.0391. The van der Waals surface area contributed by atoms with E-state index in [0.29, 0.717) is 23.6 Å². The van der Waals surface area contributed by atoms with Crippen LogP contribution < -0.4 is 5.32 Å². The van der Waals surface area contributed by atoms with E-state index < -0.39 is 0 Å². The summed E-state index contributed by atoms with van der Waals surface area (Å²) in [5, 5.41) is 12.5. The van der Waals surface area contributed by atoms with Gasteiger partial charge in [-0.1, -0.05) is 43.3 Å². The Kier molecular flexibility index (Phi) is 8.11. The summed E-state index contributed by atoms with van der Waals surface area (Å²) in [6, 6.07) is 18.7. The van der Waals surface area contributed by atoms with Crippen molar-refractivity contribution in [3.8, 4) is 6.07 Å². The highest BCUT2D eigenvalue weighted by atomic mass is 16.5. The molecule has 2 saturated heterocycles. The maximum Gasteiger partial charge on any atom is 0.224 e. The van der Waals surface area contributed by atoms with E-state index in [1.807, 2.05) is 19.1 Å². The molecular weight excluding hydrogens is 412 g/mol. The number of nitriles is 1. The van der Waals surface area contributed by atoms with Crippen molar-refractivity contribution in [2.45, 2.75) is 45.4 Å². The number of carbonyl (C=O) groups excluding carboxylic acids is 1. The summed E-state index contributed by atoms with van der Waals surface area (Å²) >= 11 is 0. The highest BCUT2D eigenvalue weighted by Gasteiger charge is 2.30. The van der Waals surface area contributed by atoms with Crippen LogP contribution in [-0.4, -0.2) is 54.7 Å². The minimum Gasteiger partial charge on any atom is -0.363 e. The number of rotatable bonds is 7. The second kappa shape index (κ2) is 11.4. The van der Waals surface area contributed by atoms with E-state index in [0.717, 1.165) is 64.2 Å². The molecule has 0 spiro atoms. The number of hydrogen-bond donors (Lipinski definition) is 1. The number of benzene rings is 2. The molecule has 1 amide bonds. The Morgan fingerprint density at radius 1 is 1.15 bits per heavy atom. The Labute approximate surface area is 197 Å². The van der Waals surface area contributed by atoms with Crippen LogP contribution in [0.25, 0.3) is 0 Å². The van der Waals surface area contributed by atoms with Crippen LogP contribution in [0.1, 0.15) is 42.9 Å². The highest BCUT2D eigenvalue weighted by molar-refractivity contribution is 5.90. The van der Waals surface area contributed by atoms with Gasteiger partial charge in [0, 0.05) is 51.4 Å². The largest absolute Gasteiger partial charge is 0.363 e. The molecule has 0 aromatic heterocycles. The van der Waals surface area contributed by atoms with Gasteiger partial charge in [0.15, 0.2) is 0 Å². The third kappa shape index (κ3) is 6.42. The van der Waals surface area contributed by atoms with Crippen LogP contribution in [0.5, 0.6) is 0 Å². The molecular formula is C27H34N4O2. The summed E-state index contributed by atoms with van der Waals surface area (Å²) in [7, 11) is 0. The average Bonchev–Trinajstić information content (AvgIpc) is 2.86. The normalized spacial score (nSPS) is 21.9. The maximum atomic E-state index is 11.7. The Bertz CT molecular complexity index is 964. The number of amides is 1. The summed E-state index contributed by atoms with van der Waals surface area (Å²) in [4.78, 5) is 16.7. The van der Waals surface area contributed by atoms with E-state index in [9.17, 15) is 10.1 Å². The molecule has 2 aromatic carbocycles. The first kappa shape index (κ1) is 23.4. The van der Waals surface area contributed by atoms with Crippen LogP contribution in [0.3, 0.4) is 0 Å². The first-order valence-electron chi connectivity index (χ1n) is 12.1. The molecule has 6 heteroatoms. The maximum absolute atomic E-state index is 11.7. The zero-order valence-corrected chi connectivity index (χ0v) is 19.5. The molecule has 4 rings (SSSR count). The van der Waals surface area contributed by atoms with Gasteiger partial charge in [-0.3, -0.25) is 14.6 Å². The number of hydrogen-bond acceptors (Lipinski definition) is 5. The van der Waals surface area contributed by atoms with E-state index in [4.69, 9.17) is 4.74 Å². The van der Waals surface area contributed by atoms with Gasteiger partial charge < -0.3 is 10.1 Å².